The molecule has 3 rings (SSSR count). The van der Waals surface area contributed by atoms with Crippen molar-refractivity contribution in [1.29, 1.82) is 0 Å². The molecule has 2 aromatic rings. The second kappa shape index (κ2) is 5.55. The average molecular weight is 276 g/mol. The molecule has 0 radical (unpaired) electrons. The van der Waals surface area contributed by atoms with Crippen molar-refractivity contribution >= 4 is 11.6 Å². The zero-order valence-electron chi connectivity index (χ0n) is 10.3. The van der Waals surface area contributed by atoms with E-state index in [4.69, 9.17) is 16.3 Å². The summed E-state index contributed by atoms with van der Waals surface area (Å²) < 4.78 is 5.84. The quantitative estimate of drug-likeness (QED) is 0.929. The van der Waals surface area contributed by atoms with Crippen LogP contribution in [0.25, 0.3) is 0 Å². The van der Waals surface area contributed by atoms with Gasteiger partial charge in [-0.3, -0.25) is 0 Å². The van der Waals surface area contributed by atoms with Crippen LogP contribution in [0.2, 0.25) is 5.02 Å². The molecule has 1 aliphatic rings. The van der Waals surface area contributed by atoms with E-state index < -0.39 is 0 Å². The maximum absolute atomic E-state index is 5.97. The van der Waals surface area contributed by atoms with Crippen LogP contribution in [0.4, 0.5) is 0 Å². The highest BCUT2D eigenvalue weighted by Gasteiger charge is 2.22. The van der Waals surface area contributed by atoms with Crippen LogP contribution in [0.1, 0.15) is 11.3 Å². The minimum absolute atomic E-state index is 0.158. The van der Waals surface area contributed by atoms with Crippen LogP contribution in [0, 0.1) is 0 Å². The molecule has 0 saturated heterocycles. The summed E-state index contributed by atoms with van der Waals surface area (Å²) in [6.45, 7) is 1.48. The van der Waals surface area contributed by atoms with Gasteiger partial charge in [-0.2, -0.15) is 10.2 Å². The number of ether oxygens (including phenoxy) is 1. The van der Waals surface area contributed by atoms with Crippen molar-refractivity contribution in [1.82, 2.24) is 15.5 Å². The molecule has 1 unspecified atom stereocenters. The number of hydrogen-bond donors (Lipinski definition) is 1. The lowest BCUT2D eigenvalue weighted by Gasteiger charge is -2.11. The Morgan fingerprint density at radius 3 is 3.16 bits per heavy atom. The third-order valence-corrected chi connectivity index (χ3v) is 3.30. The van der Waals surface area contributed by atoms with Gasteiger partial charge in [0.1, 0.15) is 11.9 Å². The Morgan fingerprint density at radius 2 is 2.32 bits per heavy atom. The molecule has 0 saturated carbocycles. The minimum atomic E-state index is 0.158. The lowest BCUT2D eigenvalue weighted by atomic mass is 10.1. The van der Waals surface area contributed by atoms with E-state index >= 15 is 0 Å². The van der Waals surface area contributed by atoms with Gasteiger partial charge in [-0.25, -0.2) is 0 Å². The molecular formula is C14H14ClN3O. The summed E-state index contributed by atoms with van der Waals surface area (Å²) >= 11 is 5.97. The van der Waals surface area contributed by atoms with Gasteiger partial charge in [0.25, 0.3) is 0 Å². The number of halogens is 1. The van der Waals surface area contributed by atoms with E-state index in [1.807, 2.05) is 30.3 Å². The van der Waals surface area contributed by atoms with Crippen molar-refractivity contribution in [2.45, 2.75) is 19.1 Å². The predicted octanol–water partition coefficient (Wildman–Crippen LogP) is 2.22. The van der Waals surface area contributed by atoms with Gasteiger partial charge in [0, 0.05) is 30.7 Å². The summed E-state index contributed by atoms with van der Waals surface area (Å²) in [6, 6.07) is 9.59. The van der Waals surface area contributed by atoms with Crippen molar-refractivity contribution in [2.24, 2.45) is 0 Å². The van der Waals surface area contributed by atoms with Crippen LogP contribution in [0.5, 0.6) is 5.75 Å². The molecule has 0 amide bonds. The summed E-state index contributed by atoms with van der Waals surface area (Å²) in [7, 11) is 0. The summed E-state index contributed by atoms with van der Waals surface area (Å²) in [6.07, 6.45) is 2.72. The Balaban J connectivity index is 1.51. The first kappa shape index (κ1) is 12.4. The van der Waals surface area contributed by atoms with E-state index in [1.54, 1.807) is 6.20 Å². The average Bonchev–Trinajstić information content (AvgIpc) is 2.82. The first-order valence-corrected chi connectivity index (χ1v) is 6.61. The number of aromatic nitrogens is 2. The van der Waals surface area contributed by atoms with Crippen molar-refractivity contribution < 1.29 is 4.74 Å². The fourth-order valence-electron chi connectivity index (χ4n) is 2.19. The monoisotopic (exact) mass is 275 g/mol. The van der Waals surface area contributed by atoms with Crippen LogP contribution < -0.4 is 10.1 Å². The Kier molecular flexibility index (Phi) is 3.62. The lowest BCUT2D eigenvalue weighted by Crippen LogP contribution is -2.30. The van der Waals surface area contributed by atoms with Crippen molar-refractivity contribution in [2.75, 3.05) is 6.54 Å². The predicted molar refractivity (Wildman–Crippen MR) is 73.3 cm³/mol. The molecule has 98 valence electrons. The Labute approximate surface area is 116 Å². The van der Waals surface area contributed by atoms with Crippen molar-refractivity contribution in [3.05, 3.63) is 52.8 Å². The van der Waals surface area contributed by atoms with Gasteiger partial charge in [-0.1, -0.05) is 11.6 Å². The first-order valence-electron chi connectivity index (χ1n) is 6.23. The van der Waals surface area contributed by atoms with E-state index in [1.165, 1.54) is 5.56 Å². The molecular weight excluding hydrogens is 262 g/mol. The fourth-order valence-corrected chi connectivity index (χ4v) is 2.39. The normalized spacial score (nSPS) is 17.0. The topological polar surface area (TPSA) is 47.0 Å². The minimum Gasteiger partial charge on any atom is -0.488 e. The smallest absolute Gasteiger partial charge is 0.123 e. The second-order valence-corrected chi connectivity index (χ2v) is 4.98. The molecule has 0 aliphatic carbocycles. The largest absolute Gasteiger partial charge is 0.488 e. The van der Waals surface area contributed by atoms with Crippen LogP contribution in [-0.4, -0.2) is 22.8 Å². The maximum Gasteiger partial charge on any atom is 0.123 e. The molecule has 0 spiro atoms. The third kappa shape index (κ3) is 3.03. The molecule has 1 aliphatic heterocycles. The standard InChI is InChI=1S/C14H14ClN3O/c15-11-3-4-14-10(6-11)7-13(19-14)9-16-8-12-2-1-5-17-18-12/h1-6,13,16H,7-9H2. The molecule has 5 heteroatoms. The van der Waals surface area contributed by atoms with E-state index in [0.717, 1.165) is 29.4 Å². The van der Waals surface area contributed by atoms with Crippen LogP contribution in [0.3, 0.4) is 0 Å². The van der Waals surface area contributed by atoms with E-state index in [0.29, 0.717) is 6.54 Å². The molecule has 1 aromatic carbocycles. The molecule has 1 N–H and O–H groups in total. The highest BCUT2D eigenvalue weighted by atomic mass is 35.5. The fraction of sp³-hybridized carbons (Fsp3) is 0.286. The Bertz CT molecular complexity index is 562. The molecule has 0 bridgehead atoms. The first-order chi connectivity index (χ1) is 9.31. The van der Waals surface area contributed by atoms with Crippen molar-refractivity contribution in [3.63, 3.8) is 0 Å². The molecule has 1 atom stereocenters. The number of nitrogens with one attached hydrogen (secondary N) is 1. The van der Waals surface area contributed by atoms with E-state index in [9.17, 15) is 0 Å². The van der Waals surface area contributed by atoms with Gasteiger partial charge in [-0.05, 0) is 35.9 Å². The molecule has 2 heterocycles. The Hall–Kier alpha value is -1.65. The number of fused-ring (bicyclic) bond motifs is 1. The highest BCUT2D eigenvalue weighted by molar-refractivity contribution is 6.30. The van der Waals surface area contributed by atoms with Gasteiger partial charge in [0.05, 0.1) is 5.69 Å². The summed E-state index contributed by atoms with van der Waals surface area (Å²) in [4.78, 5) is 0. The Morgan fingerprint density at radius 1 is 1.37 bits per heavy atom. The zero-order valence-corrected chi connectivity index (χ0v) is 11.1. The van der Waals surface area contributed by atoms with Crippen LogP contribution in [0.15, 0.2) is 36.5 Å². The van der Waals surface area contributed by atoms with Gasteiger partial charge in [0.15, 0.2) is 0 Å². The van der Waals surface area contributed by atoms with Crippen LogP contribution >= 0.6 is 11.6 Å². The molecule has 19 heavy (non-hydrogen) atoms. The van der Waals surface area contributed by atoms with E-state index in [2.05, 4.69) is 15.5 Å². The summed E-state index contributed by atoms with van der Waals surface area (Å²) in [5, 5.41) is 12.0. The number of rotatable bonds is 4. The molecule has 0 fully saturated rings. The van der Waals surface area contributed by atoms with Crippen molar-refractivity contribution in [3.8, 4) is 5.75 Å². The van der Waals surface area contributed by atoms with Gasteiger partial charge in [0.2, 0.25) is 0 Å². The summed E-state index contributed by atoms with van der Waals surface area (Å²) in [5.74, 6) is 0.940. The number of hydrogen-bond acceptors (Lipinski definition) is 4. The zero-order chi connectivity index (χ0) is 13.1. The maximum atomic E-state index is 5.97. The lowest BCUT2D eigenvalue weighted by molar-refractivity contribution is 0.227. The third-order valence-electron chi connectivity index (χ3n) is 3.07. The number of benzene rings is 1. The second-order valence-electron chi connectivity index (χ2n) is 4.54. The van der Waals surface area contributed by atoms with Gasteiger partial charge in [-0.15, -0.1) is 0 Å². The van der Waals surface area contributed by atoms with Gasteiger partial charge < -0.3 is 10.1 Å². The number of nitrogens with zero attached hydrogens (tertiary/aromatic N) is 2. The molecule has 4 nitrogen and oxygen atoms in total. The van der Waals surface area contributed by atoms with E-state index in [-0.39, 0.29) is 6.10 Å². The summed E-state index contributed by atoms with van der Waals surface area (Å²) in [5.41, 5.74) is 2.11. The SMILES string of the molecule is Clc1ccc2c(c1)CC(CNCc1cccnn1)O2. The van der Waals surface area contributed by atoms with Gasteiger partial charge >= 0.3 is 0 Å². The molecule has 1 aromatic heterocycles. The van der Waals surface area contributed by atoms with Crippen LogP contribution in [-0.2, 0) is 13.0 Å². The highest BCUT2D eigenvalue weighted by Crippen LogP contribution is 2.30.